The van der Waals surface area contributed by atoms with Crippen LogP contribution in [0.4, 0.5) is 0 Å². The Balaban J connectivity index is 4.41. The van der Waals surface area contributed by atoms with Crippen LogP contribution >= 0.6 is 0 Å². The Labute approximate surface area is 179 Å². The van der Waals surface area contributed by atoms with E-state index in [1.807, 2.05) is 26.0 Å². The third-order valence-electron chi connectivity index (χ3n) is 5.50. The van der Waals surface area contributed by atoms with Gasteiger partial charge < -0.3 is 9.16 Å². The number of rotatable bonds is 12. The number of ketones is 1. The van der Waals surface area contributed by atoms with E-state index in [0.29, 0.717) is 25.0 Å². The molecule has 4 nitrogen and oxygen atoms in total. The van der Waals surface area contributed by atoms with Gasteiger partial charge in [0, 0.05) is 18.1 Å². The second-order valence-corrected chi connectivity index (χ2v) is 14.0. The molecule has 0 saturated heterocycles. The van der Waals surface area contributed by atoms with Crippen molar-refractivity contribution >= 4 is 20.1 Å². The Bertz CT molecular complexity index is 621. The fraction of sp³-hybridized carbons (Fsp3) is 0.667. The minimum atomic E-state index is -1.70. The van der Waals surface area contributed by atoms with Crippen molar-refractivity contribution in [1.82, 2.24) is 0 Å². The number of carbonyl (C=O) groups is 2. The summed E-state index contributed by atoms with van der Waals surface area (Å²) in [4.78, 5) is 23.8. The Kier molecular flexibility index (Phi) is 12.3. The molecule has 0 heterocycles. The standard InChI is InChI=1S/C24H42O4Si/c1-10-27-23(26)21(4)15-11-14-20(3)22(25)17-16-19(2)13-12-18-28-29(8,9)24(5,6)7/h13,15-17,20H,10-12,14,18H2,1-9H3/b17-16+,19-13+,21-15+/t20-/m0/s1. The fourth-order valence-electron chi connectivity index (χ4n) is 2.28. The highest BCUT2D eigenvalue weighted by Crippen LogP contribution is 2.36. The Morgan fingerprint density at radius 2 is 1.66 bits per heavy atom. The molecule has 166 valence electrons. The van der Waals surface area contributed by atoms with Gasteiger partial charge in [-0.15, -0.1) is 0 Å². The third-order valence-corrected chi connectivity index (χ3v) is 10.0. The molecule has 0 aliphatic heterocycles. The van der Waals surface area contributed by atoms with Crippen molar-refractivity contribution in [2.24, 2.45) is 5.92 Å². The summed E-state index contributed by atoms with van der Waals surface area (Å²) in [7, 11) is -1.70. The van der Waals surface area contributed by atoms with Gasteiger partial charge in [-0.1, -0.05) is 51.5 Å². The van der Waals surface area contributed by atoms with Crippen LogP contribution in [0.5, 0.6) is 0 Å². The molecule has 29 heavy (non-hydrogen) atoms. The lowest BCUT2D eigenvalue weighted by molar-refractivity contribution is -0.138. The van der Waals surface area contributed by atoms with Gasteiger partial charge in [-0.3, -0.25) is 4.79 Å². The van der Waals surface area contributed by atoms with E-state index in [1.165, 1.54) is 0 Å². The van der Waals surface area contributed by atoms with Gasteiger partial charge in [-0.25, -0.2) is 4.79 Å². The van der Waals surface area contributed by atoms with Crippen LogP contribution in [-0.2, 0) is 18.8 Å². The van der Waals surface area contributed by atoms with Gasteiger partial charge in [-0.2, -0.15) is 0 Å². The van der Waals surface area contributed by atoms with Crippen LogP contribution in [0, 0.1) is 5.92 Å². The summed E-state index contributed by atoms with van der Waals surface area (Å²) >= 11 is 0. The van der Waals surface area contributed by atoms with Crippen LogP contribution in [0.2, 0.25) is 18.1 Å². The zero-order valence-corrected chi connectivity index (χ0v) is 21.1. The molecular formula is C24H42O4Si. The first-order valence-electron chi connectivity index (χ1n) is 10.7. The van der Waals surface area contributed by atoms with E-state index in [1.54, 1.807) is 19.9 Å². The molecule has 0 aromatic rings. The maximum Gasteiger partial charge on any atom is 0.333 e. The molecule has 0 aromatic carbocycles. The fourth-order valence-corrected chi connectivity index (χ4v) is 3.34. The Morgan fingerprint density at radius 3 is 2.21 bits per heavy atom. The number of carbonyl (C=O) groups excluding carboxylic acids is 2. The van der Waals surface area contributed by atoms with Crippen LogP contribution in [0.3, 0.4) is 0 Å². The molecule has 0 aromatic heterocycles. The second kappa shape index (κ2) is 13.0. The predicted molar refractivity (Wildman–Crippen MR) is 124 cm³/mol. The molecule has 0 aliphatic rings. The highest BCUT2D eigenvalue weighted by Gasteiger charge is 2.36. The lowest BCUT2D eigenvalue weighted by Crippen LogP contribution is -2.40. The summed E-state index contributed by atoms with van der Waals surface area (Å²) in [6, 6.07) is 0. The zero-order valence-electron chi connectivity index (χ0n) is 20.1. The van der Waals surface area contributed by atoms with Crippen molar-refractivity contribution in [3.8, 4) is 0 Å². The quantitative estimate of drug-likeness (QED) is 0.120. The van der Waals surface area contributed by atoms with Gasteiger partial charge in [0.1, 0.15) is 0 Å². The molecule has 5 heteroatoms. The van der Waals surface area contributed by atoms with Gasteiger partial charge in [0.05, 0.1) is 6.61 Å². The minimum absolute atomic E-state index is 0.0767. The summed E-state index contributed by atoms with van der Waals surface area (Å²) in [6.07, 6.45) is 9.75. The molecule has 0 rings (SSSR count). The summed E-state index contributed by atoms with van der Waals surface area (Å²) in [5.41, 5.74) is 1.67. The highest BCUT2D eigenvalue weighted by atomic mass is 28.4. The van der Waals surface area contributed by atoms with Crippen molar-refractivity contribution in [3.63, 3.8) is 0 Å². The lowest BCUT2D eigenvalue weighted by atomic mass is 9.99. The SMILES string of the molecule is CCOC(=O)/C(C)=C/CC[C@H](C)C(=O)/C=C/C(C)=C/CCO[Si](C)(C)C(C)(C)C. The number of ether oxygens (including phenoxy) is 1. The first-order chi connectivity index (χ1) is 13.3. The topological polar surface area (TPSA) is 52.6 Å². The van der Waals surface area contributed by atoms with E-state index in [-0.39, 0.29) is 22.7 Å². The van der Waals surface area contributed by atoms with E-state index in [0.717, 1.165) is 18.6 Å². The van der Waals surface area contributed by atoms with Crippen LogP contribution in [0.15, 0.2) is 35.5 Å². The Hall–Kier alpha value is -1.46. The van der Waals surface area contributed by atoms with Crippen LogP contribution < -0.4 is 0 Å². The smallest absolute Gasteiger partial charge is 0.333 e. The van der Waals surface area contributed by atoms with Gasteiger partial charge in [0.25, 0.3) is 0 Å². The number of allylic oxidation sites excluding steroid dienone is 4. The molecular weight excluding hydrogens is 380 g/mol. The maximum atomic E-state index is 12.3. The van der Waals surface area contributed by atoms with Crippen molar-refractivity contribution in [3.05, 3.63) is 35.5 Å². The molecule has 0 spiro atoms. The van der Waals surface area contributed by atoms with Crippen molar-refractivity contribution in [1.29, 1.82) is 0 Å². The summed E-state index contributed by atoms with van der Waals surface area (Å²) in [5, 5.41) is 0.220. The molecule has 0 saturated carbocycles. The van der Waals surface area contributed by atoms with Crippen LogP contribution in [0.25, 0.3) is 0 Å². The molecule has 0 N–H and O–H groups in total. The van der Waals surface area contributed by atoms with Gasteiger partial charge >= 0.3 is 5.97 Å². The van der Waals surface area contributed by atoms with Crippen molar-refractivity contribution in [2.75, 3.05) is 13.2 Å². The molecule has 0 fully saturated rings. The van der Waals surface area contributed by atoms with Crippen molar-refractivity contribution in [2.45, 2.75) is 85.9 Å². The highest BCUT2D eigenvalue weighted by molar-refractivity contribution is 6.74. The largest absolute Gasteiger partial charge is 0.463 e. The summed E-state index contributed by atoms with van der Waals surface area (Å²) < 4.78 is 11.1. The number of esters is 1. The first-order valence-corrected chi connectivity index (χ1v) is 13.6. The predicted octanol–water partition coefficient (Wildman–Crippen LogP) is 6.40. The van der Waals surface area contributed by atoms with E-state index in [9.17, 15) is 9.59 Å². The summed E-state index contributed by atoms with van der Waals surface area (Å²) in [6.45, 7) is 19.8. The second-order valence-electron chi connectivity index (χ2n) is 9.17. The number of hydrogen-bond donors (Lipinski definition) is 0. The van der Waals surface area contributed by atoms with E-state index in [4.69, 9.17) is 9.16 Å². The summed E-state index contributed by atoms with van der Waals surface area (Å²) in [5.74, 6) is -0.255. The number of hydrogen-bond acceptors (Lipinski definition) is 4. The first kappa shape index (κ1) is 27.5. The molecule has 0 bridgehead atoms. The lowest BCUT2D eigenvalue weighted by Gasteiger charge is -2.36. The minimum Gasteiger partial charge on any atom is -0.463 e. The van der Waals surface area contributed by atoms with Crippen LogP contribution in [-0.4, -0.2) is 33.3 Å². The maximum absolute atomic E-state index is 12.3. The van der Waals surface area contributed by atoms with Crippen molar-refractivity contribution < 1.29 is 18.8 Å². The van der Waals surface area contributed by atoms with Gasteiger partial charge in [0.15, 0.2) is 14.1 Å². The monoisotopic (exact) mass is 422 g/mol. The van der Waals surface area contributed by atoms with E-state index in [2.05, 4.69) is 39.9 Å². The van der Waals surface area contributed by atoms with Gasteiger partial charge in [0.2, 0.25) is 0 Å². The average molecular weight is 423 g/mol. The zero-order chi connectivity index (χ0) is 22.7. The molecule has 0 unspecified atom stereocenters. The van der Waals surface area contributed by atoms with E-state index >= 15 is 0 Å². The molecule has 1 atom stereocenters. The average Bonchev–Trinajstić information content (AvgIpc) is 2.62. The molecule has 0 radical (unpaired) electrons. The van der Waals surface area contributed by atoms with Crippen LogP contribution in [0.1, 0.15) is 67.7 Å². The van der Waals surface area contributed by atoms with E-state index < -0.39 is 8.32 Å². The molecule has 0 aliphatic carbocycles. The third kappa shape index (κ3) is 11.3. The normalized spacial score (nSPS) is 14.9. The molecule has 0 amide bonds. The Morgan fingerprint density at radius 1 is 1.03 bits per heavy atom. The van der Waals surface area contributed by atoms with Gasteiger partial charge in [-0.05, 0) is 64.2 Å².